The van der Waals surface area contributed by atoms with Gasteiger partial charge in [0.25, 0.3) is 0 Å². The van der Waals surface area contributed by atoms with Crippen LogP contribution in [0.2, 0.25) is 0 Å². The van der Waals surface area contributed by atoms with Gasteiger partial charge in [-0.3, -0.25) is 4.79 Å². The van der Waals surface area contributed by atoms with Crippen LogP contribution in [0.15, 0.2) is 24.3 Å². The van der Waals surface area contributed by atoms with Crippen molar-refractivity contribution in [2.45, 2.75) is 199 Å². The lowest BCUT2D eigenvalue weighted by Crippen LogP contribution is -2.45. The topological polar surface area (TPSA) is 69.6 Å². The van der Waals surface area contributed by atoms with Gasteiger partial charge in [-0.25, -0.2) is 0 Å². The molecule has 0 saturated carbocycles. The molecule has 0 radical (unpaired) electrons. The van der Waals surface area contributed by atoms with E-state index in [1.54, 1.807) is 0 Å². The van der Waals surface area contributed by atoms with Crippen LogP contribution >= 0.6 is 0 Å². The zero-order valence-corrected chi connectivity index (χ0v) is 27.6. The van der Waals surface area contributed by atoms with Crippen LogP contribution in [0, 0.1) is 0 Å². The molecule has 0 aliphatic rings. The van der Waals surface area contributed by atoms with Crippen molar-refractivity contribution in [2.24, 2.45) is 0 Å². The SMILES string of the molecule is CCCCC/C=C\C/C=C\CCCCCCCCCC(=O)NC(CO)C(O)CCCCCCCCCCCCCC. The maximum absolute atomic E-state index is 12.3. The van der Waals surface area contributed by atoms with E-state index in [4.69, 9.17) is 0 Å². The van der Waals surface area contributed by atoms with Gasteiger partial charge in [-0.05, 0) is 44.9 Å². The number of aliphatic hydroxyl groups is 2. The van der Waals surface area contributed by atoms with Crippen molar-refractivity contribution in [3.63, 3.8) is 0 Å². The van der Waals surface area contributed by atoms with Gasteiger partial charge in [0.1, 0.15) is 0 Å². The van der Waals surface area contributed by atoms with Gasteiger partial charge in [0.05, 0.1) is 18.8 Å². The third kappa shape index (κ3) is 30.1. The first kappa shape index (κ1) is 39.9. The predicted octanol–water partition coefficient (Wildman–Crippen LogP) is 10.5. The highest BCUT2D eigenvalue weighted by Gasteiger charge is 2.19. The second-order valence-corrected chi connectivity index (χ2v) is 12.3. The van der Waals surface area contributed by atoms with Crippen molar-refractivity contribution < 1.29 is 15.0 Å². The average molecular weight is 578 g/mol. The minimum absolute atomic E-state index is 0.0413. The zero-order chi connectivity index (χ0) is 30.1. The Morgan fingerprint density at radius 3 is 1.51 bits per heavy atom. The number of rotatable bonds is 32. The maximum Gasteiger partial charge on any atom is 0.220 e. The quantitative estimate of drug-likeness (QED) is 0.0550. The van der Waals surface area contributed by atoms with Crippen LogP contribution in [-0.2, 0) is 4.79 Å². The molecule has 4 heteroatoms. The lowest BCUT2D eigenvalue weighted by molar-refractivity contribution is -0.123. The number of carbonyl (C=O) groups is 1. The monoisotopic (exact) mass is 578 g/mol. The highest BCUT2D eigenvalue weighted by Crippen LogP contribution is 2.14. The highest BCUT2D eigenvalue weighted by atomic mass is 16.3. The van der Waals surface area contributed by atoms with Crippen molar-refractivity contribution in [2.75, 3.05) is 6.61 Å². The summed E-state index contributed by atoms with van der Waals surface area (Å²) in [5, 5.41) is 23.0. The summed E-state index contributed by atoms with van der Waals surface area (Å²) in [5.74, 6) is -0.0413. The molecule has 41 heavy (non-hydrogen) atoms. The molecule has 4 nitrogen and oxygen atoms in total. The van der Waals surface area contributed by atoms with Gasteiger partial charge in [-0.2, -0.15) is 0 Å². The smallest absolute Gasteiger partial charge is 0.220 e. The lowest BCUT2D eigenvalue weighted by Gasteiger charge is -2.22. The van der Waals surface area contributed by atoms with Crippen LogP contribution < -0.4 is 5.32 Å². The second kappa shape index (κ2) is 33.4. The first-order valence-electron chi connectivity index (χ1n) is 18.0. The summed E-state index contributed by atoms with van der Waals surface area (Å²) in [6.45, 7) is 4.31. The van der Waals surface area contributed by atoms with Crippen molar-refractivity contribution in [1.29, 1.82) is 0 Å². The second-order valence-electron chi connectivity index (χ2n) is 12.3. The molecule has 0 aromatic rings. The minimum Gasteiger partial charge on any atom is -0.394 e. The summed E-state index contributed by atoms with van der Waals surface area (Å²) in [5.41, 5.74) is 0. The fourth-order valence-corrected chi connectivity index (χ4v) is 5.39. The Bertz CT molecular complexity index is 589. The Labute approximate surface area is 256 Å². The Hall–Kier alpha value is -1.13. The van der Waals surface area contributed by atoms with E-state index in [9.17, 15) is 15.0 Å². The molecule has 242 valence electrons. The molecule has 0 saturated heterocycles. The lowest BCUT2D eigenvalue weighted by atomic mass is 10.0. The number of hydrogen-bond acceptors (Lipinski definition) is 3. The molecule has 0 aromatic heterocycles. The van der Waals surface area contributed by atoms with Crippen LogP contribution in [0.5, 0.6) is 0 Å². The minimum atomic E-state index is -0.658. The number of amides is 1. The number of nitrogens with one attached hydrogen (secondary N) is 1. The molecular formula is C37H71NO3. The Kier molecular flexibility index (Phi) is 32.5. The number of allylic oxidation sites excluding steroid dienone is 4. The van der Waals surface area contributed by atoms with Gasteiger partial charge in [0.15, 0.2) is 0 Å². The Morgan fingerprint density at radius 2 is 1.00 bits per heavy atom. The zero-order valence-electron chi connectivity index (χ0n) is 27.6. The van der Waals surface area contributed by atoms with Gasteiger partial charge in [-0.1, -0.05) is 160 Å². The van der Waals surface area contributed by atoms with E-state index in [0.29, 0.717) is 12.8 Å². The van der Waals surface area contributed by atoms with Crippen molar-refractivity contribution in [3.05, 3.63) is 24.3 Å². The molecule has 0 aliphatic carbocycles. The van der Waals surface area contributed by atoms with Crippen LogP contribution in [-0.4, -0.2) is 34.9 Å². The van der Waals surface area contributed by atoms with E-state index >= 15 is 0 Å². The fraction of sp³-hybridized carbons (Fsp3) is 0.865. The van der Waals surface area contributed by atoms with Crippen LogP contribution in [0.4, 0.5) is 0 Å². The van der Waals surface area contributed by atoms with Crippen LogP contribution in [0.1, 0.15) is 187 Å². The standard InChI is InChI=1S/C37H71NO3/c1-3-5-7-9-11-13-15-17-18-19-20-21-23-25-27-29-31-33-37(41)38-35(34-39)36(40)32-30-28-26-24-22-16-14-12-10-8-6-4-2/h11,13,17-18,35-36,39-40H,3-10,12,14-16,19-34H2,1-2H3,(H,38,41)/b13-11-,18-17-. The Balaban J connectivity index is 3.58. The number of hydrogen-bond donors (Lipinski definition) is 3. The molecule has 0 heterocycles. The summed E-state index contributed by atoms with van der Waals surface area (Å²) < 4.78 is 0. The van der Waals surface area contributed by atoms with Crippen LogP contribution in [0.25, 0.3) is 0 Å². The maximum atomic E-state index is 12.3. The molecule has 0 rings (SSSR count). The number of unbranched alkanes of at least 4 members (excludes halogenated alkanes) is 21. The third-order valence-electron chi connectivity index (χ3n) is 8.22. The number of carbonyl (C=O) groups excluding carboxylic acids is 1. The molecule has 0 aliphatic heterocycles. The van der Waals surface area contributed by atoms with E-state index in [-0.39, 0.29) is 12.5 Å². The largest absolute Gasteiger partial charge is 0.394 e. The van der Waals surface area contributed by atoms with E-state index in [2.05, 4.69) is 43.5 Å². The van der Waals surface area contributed by atoms with Crippen molar-refractivity contribution in [3.8, 4) is 0 Å². The molecule has 1 amide bonds. The summed E-state index contributed by atoms with van der Waals surface area (Å²) in [6.07, 6.45) is 40.8. The van der Waals surface area contributed by atoms with E-state index in [0.717, 1.165) is 32.1 Å². The number of aliphatic hydroxyl groups excluding tert-OH is 2. The molecule has 2 atom stereocenters. The van der Waals surface area contributed by atoms with Gasteiger partial charge < -0.3 is 15.5 Å². The first-order chi connectivity index (χ1) is 20.2. The summed E-state index contributed by atoms with van der Waals surface area (Å²) >= 11 is 0. The highest BCUT2D eigenvalue weighted by molar-refractivity contribution is 5.76. The van der Waals surface area contributed by atoms with Gasteiger partial charge in [0.2, 0.25) is 5.91 Å². The van der Waals surface area contributed by atoms with Gasteiger partial charge >= 0.3 is 0 Å². The molecule has 0 spiro atoms. The molecule has 0 aromatic carbocycles. The molecule has 0 fully saturated rings. The third-order valence-corrected chi connectivity index (χ3v) is 8.22. The summed E-state index contributed by atoms with van der Waals surface area (Å²) in [7, 11) is 0. The Morgan fingerprint density at radius 1 is 0.585 bits per heavy atom. The summed E-state index contributed by atoms with van der Waals surface area (Å²) in [4.78, 5) is 12.3. The first-order valence-corrected chi connectivity index (χ1v) is 18.0. The molecular weight excluding hydrogens is 506 g/mol. The average Bonchev–Trinajstić information content (AvgIpc) is 2.97. The van der Waals surface area contributed by atoms with E-state index in [1.165, 1.54) is 128 Å². The van der Waals surface area contributed by atoms with Crippen LogP contribution in [0.3, 0.4) is 0 Å². The van der Waals surface area contributed by atoms with E-state index in [1.807, 2.05) is 0 Å². The molecule has 3 N–H and O–H groups in total. The van der Waals surface area contributed by atoms with Gasteiger partial charge in [0, 0.05) is 6.42 Å². The van der Waals surface area contributed by atoms with Crippen molar-refractivity contribution in [1.82, 2.24) is 5.32 Å². The normalized spacial score (nSPS) is 13.4. The fourth-order valence-electron chi connectivity index (χ4n) is 5.39. The summed E-state index contributed by atoms with van der Waals surface area (Å²) in [6, 6.07) is -0.536. The predicted molar refractivity (Wildman–Crippen MR) is 179 cm³/mol. The molecule has 0 bridgehead atoms. The molecule has 2 unspecified atom stereocenters. The van der Waals surface area contributed by atoms with Crippen molar-refractivity contribution >= 4 is 5.91 Å². The van der Waals surface area contributed by atoms with Gasteiger partial charge in [-0.15, -0.1) is 0 Å². The van der Waals surface area contributed by atoms with E-state index < -0.39 is 12.1 Å².